The van der Waals surface area contributed by atoms with Crippen LogP contribution in [0.25, 0.3) is 0 Å². The summed E-state index contributed by atoms with van der Waals surface area (Å²) in [6, 6.07) is 0. The van der Waals surface area contributed by atoms with E-state index >= 15 is 0 Å². The molecule has 16 valence electrons. The van der Waals surface area contributed by atoms with Gasteiger partial charge < -0.3 is 5.48 Å². The molecule has 0 aliphatic rings. The van der Waals surface area contributed by atoms with Crippen molar-refractivity contribution in [3.05, 3.63) is 0 Å². The quantitative estimate of drug-likeness (QED) is 0.416. The maximum atomic E-state index is 0. The molecule has 0 spiro atoms. The smallest absolute Gasteiger partial charge is 2.00 e. The van der Waals surface area contributed by atoms with Gasteiger partial charge in [-0.25, -0.2) is 0 Å². The summed E-state index contributed by atoms with van der Waals surface area (Å²) < 4.78 is 0. The SMILES string of the molecule is [Al+3].[Ni+2].[O-2].[Ti+4]. The van der Waals surface area contributed by atoms with Crippen LogP contribution < -0.4 is 0 Å². The Labute approximate surface area is 60.8 Å². The Kier molecular flexibility index (Phi) is 242. The van der Waals surface area contributed by atoms with E-state index in [0.717, 1.165) is 0 Å². The molecule has 0 atom stereocenters. The summed E-state index contributed by atoms with van der Waals surface area (Å²) in [5.74, 6) is 0. The maximum absolute atomic E-state index is 0. The molecule has 0 rings (SSSR count). The van der Waals surface area contributed by atoms with Crippen LogP contribution >= 0.6 is 0 Å². The molecule has 0 radical (unpaired) electrons. The molecule has 0 saturated heterocycles. The minimum Gasteiger partial charge on any atom is -2.00 e. The van der Waals surface area contributed by atoms with Crippen LogP contribution in [0.1, 0.15) is 0 Å². The van der Waals surface area contributed by atoms with E-state index in [-0.39, 0.29) is 61.0 Å². The normalized spacial score (nSPS) is 0. The van der Waals surface area contributed by atoms with Crippen molar-refractivity contribution in [1.82, 2.24) is 0 Å². The maximum Gasteiger partial charge on any atom is 4.00 e. The van der Waals surface area contributed by atoms with Crippen molar-refractivity contribution in [3.8, 4) is 0 Å². The molecule has 0 N–H and O–H groups in total. The monoisotopic (exact) mass is 149 g/mol. The zero-order valence-corrected chi connectivity index (χ0v) is 5.51. The van der Waals surface area contributed by atoms with Crippen LogP contribution in [0.3, 0.4) is 0 Å². The van der Waals surface area contributed by atoms with Crippen LogP contribution in [-0.4, -0.2) is 17.4 Å². The first kappa shape index (κ1) is 43.6. The second-order valence-electron chi connectivity index (χ2n) is 0. The van der Waals surface area contributed by atoms with E-state index in [1.165, 1.54) is 0 Å². The molecule has 0 aromatic rings. The number of rotatable bonds is 0. The van der Waals surface area contributed by atoms with Crippen LogP contribution in [0.4, 0.5) is 0 Å². The van der Waals surface area contributed by atoms with Crippen LogP contribution in [0, 0.1) is 0 Å². The van der Waals surface area contributed by atoms with Gasteiger partial charge in [-0.1, -0.05) is 0 Å². The molecule has 0 fully saturated rings. The number of hydrogen-bond donors (Lipinski definition) is 0. The molecule has 4 heavy (non-hydrogen) atoms. The Bertz CT molecular complexity index is 8.00. The largest absolute Gasteiger partial charge is 4.00 e. The summed E-state index contributed by atoms with van der Waals surface area (Å²) in [7, 11) is 0. The first-order valence-electron chi connectivity index (χ1n) is 0. The van der Waals surface area contributed by atoms with E-state index in [1.54, 1.807) is 0 Å². The van der Waals surface area contributed by atoms with E-state index in [9.17, 15) is 0 Å². The summed E-state index contributed by atoms with van der Waals surface area (Å²) in [5.41, 5.74) is 0. The minimum absolute atomic E-state index is 0. The first-order chi connectivity index (χ1) is 0. The fraction of sp³-hybridized carbons (Fsp3) is 0. The van der Waals surface area contributed by atoms with Crippen molar-refractivity contribution in [2.45, 2.75) is 0 Å². The second-order valence-corrected chi connectivity index (χ2v) is 0. The molecule has 0 bridgehead atoms. The average Bonchev–Trinajstić information content (AvgIpc) is 0. The molecule has 0 saturated carbocycles. The Hall–Kier alpha value is 1.70. The molecular formula is AlNiOTi+7. The molecule has 0 amide bonds. The van der Waals surface area contributed by atoms with E-state index in [1.807, 2.05) is 0 Å². The zero-order valence-electron chi connectivity index (χ0n) is 1.80. The average molecular weight is 150 g/mol. The molecule has 0 aromatic carbocycles. The predicted octanol–water partition coefficient (Wildman–Crippen LogP) is -0.505. The Morgan fingerprint density at radius 3 is 1.00 bits per heavy atom. The third-order valence-electron chi connectivity index (χ3n) is 0. The molecule has 0 aromatic heterocycles. The van der Waals surface area contributed by atoms with Crippen molar-refractivity contribution in [1.29, 1.82) is 0 Å². The molecular weight excluding hydrogens is 150 g/mol. The topological polar surface area (TPSA) is 28.5 Å². The first-order valence-corrected chi connectivity index (χ1v) is 0. The van der Waals surface area contributed by atoms with Gasteiger partial charge in [0.1, 0.15) is 0 Å². The third-order valence-corrected chi connectivity index (χ3v) is 0. The molecule has 0 aliphatic heterocycles. The Morgan fingerprint density at radius 1 is 1.00 bits per heavy atom. The summed E-state index contributed by atoms with van der Waals surface area (Å²) >= 11 is 0. The second kappa shape index (κ2) is 22.3. The minimum atomic E-state index is 0. The summed E-state index contributed by atoms with van der Waals surface area (Å²) in [4.78, 5) is 0. The van der Waals surface area contributed by atoms with Gasteiger partial charge in [0.2, 0.25) is 0 Å². The van der Waals surface area contributed by atoms with Crippen molar-refractivity contribution >= 4 is 17.4 Å². The Morgan fingerprint density at radius 2 is 1.00 bits per heavy atom. The fourth-order valence-corrected chi connectivity index (χ4v) is 0. The fourth-order valence-electron chi connectivity index (χ4n) is 0. The summed E-state index contributed by atoms with van der Waals surface area (Å²) in [6.07, 6.45) is 0. The summed E-state index contributed by atoms with van der Waals surface area (Å²) in [5, 5.41) is 0. The van der Waals surface area contributed by atoms with Crippen LogP contribution in [0.15, 0.2) is 0 Å². The molecule has 4 heteroatoms. The predicted molar refractivity (Wildman–Crippen MR) is 6.44 cm³/mol. The van der Waals surface area contributed by atoms with Gasteiger partial charge in [-0.15, -0.1) is 0 Å². The van der Waals surface area contributed by atoms with Gasteiger partial charge in [0, 0.05) is 0 Å². The zero-order chi connectivity index (χ0) is 0. The third kappa shape index (κ3) is 9.33. The molecule has 0 unspecified atom stereocenters. The van der Waals surface area contributed by atoms with Gasteiger partial charge in [-0.3, -0.25) is 0 Å². The number of hydrogen-bond acceptors (Lipinski definition) is 0. The molecule has 0 aliphatic carbocycles. The van der Waals surface area contributed by atoms with Gasteiger partial charge in [0.15, 0.2) is 0 Å². The standard InChI is InChI=1S/Al.Ni.O.Ti/q+3;+2;-2;+4. The van der Waals surface area contributed by atoms with Gasteiger partial charge >= 0.3 is 55.6 Å². The summed E-state index contributed by atoms with van der Waals surface area (Å²) in [6.45, 7) is 0. The van der Waals surface area contributed by atoms with E-state index in [4.69, 9.17) is 0 Å². The van der Waals surface area contributed by atoms with Gasteiger partial charge in [0.25, 0.3) is 0 Å². The Balaban J connectivity index is 0. The van der Waals surface area contributed by atoms with Crippen molar-refractivity contribution in [2.24, 2.45) is 0 Å². The van der Waals surface area contributed by atoms with Crippen LogP contribution in [0.2, 0.25) is 0 Å². The van der Waals surface area contributed by atoms with Gasteiger partial charge in [-0.05, 0) is 0 Å². The van der Waals surface area contributed by atoms with E-state index in [0.29, 0.717) is 0 Å². The van der Waals surface area contributed by atoms with Gasteiger partial charge in [0.05, 0.1) is 0 Å². The van der Waals surface area contributed by atoms with Crippen LogP contribution in [-0.2, 0) is 43.7 Å². The van der Waals surface area contributed by atoms with Gasteiger partial charge in [-0.2, -0.15) is 0 Å². The molecule has 1 nitrogen and oxygen atoms in total. The van der Waals surface area contributed by atoms with E-state index in [2.05, 4.69) is 0 Å². The van der Waals surface area contributed by atoms with Crippen LogP contribution in [0.5, 0.6) is 0 Å². The molecule has 0 heterocycles. The van der Waals surface area contributed by atoms with Crippen molar-refractivity contribution < 1.29 is 43.7 Å². The van der Waals surface area contributed by atoms with Crippen molar-refractivity contribution in [2.75, 3.05) is 0 Å². The van der Waals surface area contributed by atoms with Crippen molar-refractivity contribution in [3.63, 3.8) is 0 Å². The van der Waals surface area contributed by atoms with E-state index < -0.39 is 0 Å².